The van der Waals surface area contributed by atoms with Crippen molar-refractivity contribution in [2.45, 2.75) is 13.0 Å². The number of aliphatic hydroxyl groups excluding tert-OH is 1. The lowest BCUT2D eigenvalue weighted by Gasteiger charge is -2.15. The lowest BCUT2D eigenvalue weighted by molar-refractivity contribution is 0.101. The van der Waals surface area contributed by atoms with Crippen molar-refractivity contribution in [1.82, 2.24) is 0 Å². The molecule has 0 saturated carbocycles. The maximum atomic E-state index is 13.6. The lowest BCUT2D eigenvalue weighted by atomic mass is 10.1. The number of ether oxygens (including phenoxy) is 2. The van der Waals surface area contributed by atoms with Gasteiger partial charge in [0.1, 0.15) is 18.5 Å². The minimum atomic E-state index is -1.10. The molecule has 1 atom stereocenters. The molecule has 22 heavy (non-hydrogen) atoms. The molecule has 2 aromatic rings. The summed E-state index contributed by atoms with van der Waals surface area (Å²) in [7, 11) is 1.46. The summed E-state index contributed by atoms with van der Waals surface area (Å²) in [6.45, 7) is 1.33. The number of ketones is 1. The van der Waals surface area contributed by atoms with Crippen molar-refractivity contribution in [3.63, 3.8) is 0 Å². The number of aliphatic hydroxyl groups is 1. The van der Waals surface area contributed by atoms with Gasteiger partial charge < -0.3 is 14.6 Å². The highest BCUT2D eigenvalue weighted by atomic mass is 19.1. The summed E-state index contributed by atoms with van der Waals surface area (Å²) in [4.78, 5) is 11.3. The van der Waals surface area contributed by atoms with Crippen LogP contribution in [0.15, 0.2) is 42.5 Å². The molecule has 0 fully saturated rings. The van der Waals surface area contributed by atoms with Gasteiger partial charge in [0.05, 0.1) is 7.11 Å². The fourth-order valence-corrected chi connectivity index (χ4v) is 2.01. The molecule has 0 aliphatic heterocycles. The van der Waals surface area contributed by atoms with Gasteiger partial charge in [-0.05, 0) is 31.2 Å². The van der Waals surface area contributed by atoms with Crippen LogP contribution in [-0.2, 0) is 0 Å². The number of carbonyl (C=O) groups excluding carboxylic acids is 1. The van der Waals surface area contributed by atoms with Gasteiger partial charge >= 0.3 is 0 Å². The van der Waals surface area contributed by atoms with E-state index in [1.807, 2.05) is 0 Å². The third-order valence-corrected chi connectivity index (χ3v) is 3.23. The molecule has 0 saturated heterocycles. The molecule has 0 bridgehead atoms. The van der Waals surface area contributed by atoms with Crippen molar-refractivity contribution in [1.29, 1.82) is 0 Å². The molecule has 4 nitrogen and oxygen atoms in total. The van der Waals surface area contributed by atoms with Crippen LogP contribution in [-0.4, -0.2) is 24.6 Å². The van der Waals surface area contributed by atoms with E-state index >= 15 is 0 Å². The number of benzene rings is 2. The van der Waals surface area contributed by atoms with Crippen molar-refractivity contribution in [2.24, 2.45) is 0 Å². The quantitative estimate of drug-likeness (QED) is 0.833. The first-order valence-electron chi connectivity index (χ1n) is 6.77. The van der Waals surface area contributed by atoms with Crippen LogP contribution >= 0.6 is 0 Å². The van der Waals surface area contributed by atoms with E-state index in [1.165, 1.54) is 26.2 Å². The average molecular weight is 304 g/mol. The van der Waals surface area contributed by atoms with Crippen LogP contribution in [0, 0.1) is 5.82 Å². The number of hydrogen-bond donors (Lipinski definition) is 1. The van der Waals surface area contributed by atoms with Gasteiger partial charge in [0.2, 0.25) is 0 Å². The summed E-state index contributed by atoms with van der Waals surface area (Å²) in [5.74, 6) is 0.185. The molecule has 0 radical (unpaired) electrons. The fourth-order valence-electron chi connectivity index (χ4n) is 2.01. The Morgan fingerprint density at radius 2 is 1.95 bits per heavy atom. The first-order valence-corrected chi connectivity index (χ1v) is 6.77. The molecule has 0 aliphatic carbocycles. The van der Waals surface area contributed by atoms with Crippen molar-refractivity contribution in [3.05, 3.63) is 59.4 Å². The predicted molar refractivity (Wildman–Crippen MR) is 79.9 cm³/mol. The average Bonchev–Trinajstić information content (AvgIpc) is 2.52. The molecular weight excluding hydrogens is 287 g/mol. The van der Waals surface area contributed by atoms with Gasteiger partial charge in [-0.1, -0.05) is 18.2 Å². The van der Waals surface area contributed by atoms with Crippen LogP contribution in [0.3, 0.4) is 0 Å². The normalized spacial score (nSPS) is 11.8. The van der Waals surface area contributed by atoms with E-state index in [0.29, 0.717) is 17.1 Å². The zero-order chi connectivity index (χ0) is 16.1. The third-order valence-electron chi connectivity index (χ3n) is 3.23. The van der Waals surface area contributed by atoms with Crippen molar-refractivity contribution < 1.29 is 23.8 Å². The number of halogens is 1. The van der Waals surface area contributed by atoms with E-state index in [-0.39, 0.29) is 18.0 Å². The van der Waals surface area contributed by atoms with Crippen molar-refractivity contribution >= 4 is 5.78 Å². The van der Waals surface area contributed by atoms with Crippen LogP contribution in [0.2, 0.25) is 0 Å². The number of hydrogen-bond acceptors (Lipinski definition) is 4. The molecule has 0 heterocycles. The summed E-state index contributed by atoms with van der Waals surface area (Å²) in [6.07, 6.45) is -1.10. The van der Waals surface area contributed by atoms with E-state index in [4.69, 9.17) is 9.47 Å². The monoisotopic (exact) mass is 304 g/mol. The second kappa shape index (κ2) is 7.04. The summed E-state index contributed by atoms with van der Waals surface area (Å²) >= 11 is 0. The minimum absolute atomic E-state index is 0.0868. The molecule has 0 spiro atoms. The van der Waals surface area contributed by atoms with Crippen molar-refractivity contribution in [2.75, 3.05) is 13.7 Å². The van der Waals surface area contributed by atoms with E-state index in [0.717, 1.165) is 0 Å². The highest BCUT2D eigenvalue weighted by Crippen LogP contribution is 2.29. The maximum Gasteiger partial charge on any atom is 0.161 e. The van der Waals surface area contributed by atoms with Gasteiger partial charge in [-0.2, -0.15) is 0 Å². The van der Waals surface area contributed by atoms with Crippen LogP contribution in [0.25, 0.3) is 0 Å². The Kier molecular flexibility index (Phi) is 5.12. The predicted octanol–water partition coefficient (Wildman–Crippen LogP) is 3.15. The standard InChI is InChI=1S/C17H17FO4/c1-11(19)12-7-8-16(17(9-12)21-2)22-10-15(20)13-5-3-4-6-14(13)18/h3-9,15,20H,10H2,1-2H3/t15-/m0/s1. The summed E-state index contributed by atoms with van der Waals surface area (Å²) < 4.78 is 24.2. The van der Waals surface area contributed by atoms with Gasteiger partial charge in [0, 0.05) is 11.1 Å². The molecule has 5 heteroatoms. The molecule has 0 amide bonds. The Labute approximate surface area is 128 Å². The van der Waals surface area contributed by atoms with Gasteiger partial charge in [-0.3, -0.25) is 4.79 Å². The summed E-state index contributed by atoms with van der Waals surface area (Å²) in [5, 5.41) is 10.0. The Balaban J connectivity index is 2.11. The highest BCUT2D eigenvalue weighted by Gasteiger charge is 2.15. The van der Waals surface area contributed by atoms with Crippen LogP contribution in [0.4, 0.5) is 4.39 Å². The molecule has 1 N–H and O–H groups in total. The Bertz CT molecular complexity index is 669. The molecule has 2 rings (SSSR count). The van der Waals surface area contributed by atoms with Crippen LogP contribution in [0.1, 0.15) is 28.9 Å². The van der Waals surface area contributed by atoms with E-state index < -0.39 is 11.9 Å². The lowest BCUT2D eigenvalue weighted by Crippen LogP contribution is -2.11. The van der Waals surface area contributed by atoms with Gasteiger partial charge in [-0.25, -0.2) is 4.39 Å². The Morgan fingerprint density at radius 3 is 2.59 bits per heavy atom. The molecule has 116 valence electrons. The van der Waals surface area contributed by atoms with Gasteiger partial charge in [0.15, 0.2) is 17.3 Å². The fraction of sp³-hybridized carbons (Fsp3) is 0.235. The highest BCUT2D eigenvalue weighted by molar-refractivity contribution is 5.94. The first-order chi connectivity index (χ1) is 10.5. The second-order valence-electron chi connectivity index (χ2n) is 4.77. The topological polar surface area (TPSA) is 55.8 Å². The van der Waals surface area contributed by atoms with Gasteiger partial charge in [-0.15, -0.1) is 0 Å². The van der Waals surface area contributed by atoms with Gasteiger partial charge in [0.25, 0.3) is 0 Å². The number of methoxy groups -OCH3 is 1. The molecule has 0 aromatic heterocycles. The maximum absolute atomic E-state index is 13.6. The number of Topliss-reactive ketones (excluding diaryl/α,β-unsaturated/α-hetero) is 1. The van der Waals surface area contributed by atoms with Crippen LogP contribution < -0.4 is 9.47 Å². The van der Waals surface area contributed by atoms with E-state index in [9.17, 15) is 14.3 Å². The SMILES string of the molecule is COc1cc(C(C)=O)ccc1OC[C@H](O)c1ccccc1F. The Morgan fingerprint density at radius 1 is 1.23 bits per heavy atom. The zero-order valence-electron chi connectivity index (χ0n) is 12.4. The summed E-state index contributed by atoms with van der Waals surface area (Å²) in [5.41, 5.74) is 0.667. The summed E-state index contributed by atoms with van der Waals surface area (Å²) in [6, 6.07) is 10.7. The largest absolute Gasteiger partial charge is 0.493 e. The number of carbonyl (C=O) groups is 1. The molecule has 0 unspecified atom stereocenters. The number of rotatable bonds is 6. The molecular formula is C17H17FO4. The zero-order valence-corrected chi connectivity index (χ0v) is 12.4. The van der Waals surface area contributed by atoms with E-state index in [1.54, 1.807) is 30.3 Å². The van der Waals surface area contributed by atoms with E-state index in [2.05, 4.69) is 0 Å². The minimum Gasteiger partial charge on any atom is -0.493 e. The van der Waals surface area contributed by atoms with Crippen molar-refractivity contribution in [3.8, 4) is 11.5 Å². The smallest absolute Gasteiger partial charge is 0.161 e. The first kappa shape index (κ1) is 16.0. The molecule has 0 aliphatic rings. The third kappa shape index (κ3) is 3.62. The Hall–Kier alpha value is -2.40. The second-order valence-corrected chi connectivity index (χ2v) is 4.77. The van der Waals surface area contributed by atoms with Crippen LogP contribution in [0.5, 0.6) is 11.5 Å². The molecule has 2 aromatic carbocycles.